The molecule has 1 aromatic heterocycles. The number of nitrogens with one attached hydrogen (secondary N) is 2. The van der Waals surface area contributed by atoms with Gasteiger partial charge in [-0.3, -0.25) is 9.59 Å². The van der Waals surface area contributed by atoms with Crippen LogP contribution in [-0.4, -0.2) is 17.9 Å². The van der Waals surface area contributed by atoms with Crippen molar-refractivity contribution < 1.29 is 14.0 Å². The first-order chi connectivity index (χ1) is 12.5. The van der Waals surface area contributed by atoms with Crippen LogP contribution in [0.15, 0.2) is 71.3 Å². The summed E-state index contributed by atoms with van der Waals surface area (Å²) in [6, 6.07) is 18.0. The summed E-state index contributed by atoms with van der Waals surface area (Å²) >= 11 is 0. The molecule has 1 atom stereocenters. The third kappa shape index (κ3) is 4.00. The van der Waals surface area contributed by atoms with Crippen molar-refractivity contribution in [2.45, 2.75) is 20.0 Å². The van der Waals surface area contributed by atoms with Gasteiger partial charge in [0.1, 0.15) is 0 Å². The summed E-state index contributed by atoms with van der Waals surface area (Å²) in [5.41, 5.74) is 3.32. The highest BCUT2D eigenvalue weighted by Gasteiger charge is 2.24. The van der Waals surface area contributed by atoms with Crippen molar-refractivity contribution in [3.8, 4) is 0 Å². The molecule has 2 aromatic carbocycles. The van der Waals surface area contributed by atoms with Crippen LogP contribution in [0.5, 0.6) is 0 Å². The Kier molecular flexibility index (Phi) is 5.17. The van der Waals surface area contributed by atoms with E-state index in [1.54, 1.807) is 24.3 Å². The van der Waals surface area contributed by atoms with Crippen LogP contribution >= 0.6 is 0 Å². The van der Waals surface area contributed by atoms with Crippen LogP contribution in [0.2, 0.25) is 0 Å². The molecule has 5 heteroatoms. The molecule has 0 saturated carbocycles. The van der Waals surface area contributed by atoms with Gasteiger partial charge in [0.2, 0.25) is 5.78 Å². The van der Waals surface area contributed by atoms with E-state index >= 15 is 0 Å². The summed E-state index contributed by atoms with van der Waals surface area (Å²) in [5.74, 6) is -0.534. The quantitative estimate of drug-likeness (QED) is 0.523. The van der Waals surface area contributed by atoms with Gasteiger partial charge < -0.3 is 15.1 Å². The minimum Gasteiger partial charge on any atom is -0.459 e. The molecule has 0 aliphatic rings. The van der Waals surface area contributed by atoms with E-state index in [9.17, 15) is 9.59 Å². The lowest BCUT2D eigenvalue weighted by Crippen LogP contribution is -2.46. The predicted octanol–water partition coefficient (Wildman–Crippen LogP) is 3.95. The Bertz CT molecular complexity index is 899. The third-order valence-electron chi connectivity index (χ3n) is 4.06. The van der Waals surface area contributed by atoms with Gasteiger partial charge in [-0.25, -0.2) is 0 Å². The number of benzene rings is 2. The molecule has 0 saturated heterocycles. The molecule has 1 amide bonds. The van der Waals surface area contributed by atoms with Gasteiger partial charge in [-0.15, -0.1) is 0 Å². The molecule has 0 aliphatic carbocycles. The van der Waals surface area contributed by atoms with Crippen LogP contribution in [0.25, 0.3) is 0 Å². The van der Waals surface area contributed by atoms with E-state index in [0.717, 1.165) is 16.8 Å². The first kappa shape index (κ1) is 17.5. The number of rotatable bonds is 6. The summed E-state index contributed by atoms with van der Waals surface area (Å²) in [7, 11) is 0. The van der Waals surface area contributed by atoms with Gasteiger partial charge in [-0.2, -0.15) is 0 Å². The highest BCUT2D eigenvalue weighted by molar-refractivity contribution is 6.04. The van der Waals surface area contributed by atoms with E-state index in [1.165, 1.54) is 6.26 Å². The second-order valence-corrected chi connectivity index (χ2v) is 6.07. The van der Waals surface area contributed by atoms with E-state index in [-0.39, 0.29) is 11.5 Å². The lowest BCUT2D eigenvalue weighted by atomic mass is 10.1. The second kappa shape index (κ2) is 7.70. The van der Waals surface area contributed by atoms with Crippen LogP contribution in [0.1, 0.15) is 32.0 Å². The molecular weight excluding hydrogens is 328 g/mol. The monoisotopic (exact) mass is 348 g/mol. The maximum absolute atomic E-state index is 13.0. The molecule has 1 heterocycles. The molecule has 26 heavy (non-hydrogen) atoms. The zero-order chi connectivity index (χ0) is 18.5. The molecule has 3 rings (SSSR count). The van der Waals surface area contributed by atoms with Gasteiger partial charge in [-0.05, 0) is 37.6 Å². The molecule has 2 N–H and O–H groups in total. The van der Waals surface area contributed by atoms with Crippen LogP contribution in [-0.2, 0) is 0 Å². The second-order valence-electron chi connectivity index (χ2n) is 6.07. The topological polar surface area (TPSA) is 71.3 Å². The van der Waals surface area contributed by atoms with Crippen molar-refractivity contribution in [1.82, 2.24) is 5.32 Å². The minimum absolute atomic E-state index is 0.151. The van der Waals surface area contributed by atoms with E-state index < -0.39 is 12.1 Å². The first-order valence-corrected chi connectivity index (χ1v) is 8.32. The van der Waals surface area contributed by atoms with Crippen molar-refractivity contribution >= 4 is 17.4 Å². The molecule has 0 radical (unpaired) electrons. The van der Waals surface area contributed by atoms with Gasteiger partial charge >= 0.3 is 0 Å². The molecule has 0 bridgehead atoms. The van der Waals surface area contributed by atoms with Crippen molar-refractivity contribution in [2.75, 3.05) is 5.32 Å². The number of amides is 1. The molecule has 0 unspecified atom stereocenters. The molecule has 3 aromatic rings. The van der Waals surface area contributed by atoms with E-state index in [0.29, 0.717) is 5.56 Å². The number of carbonyl (C=O) groups is 2. The summed E-state index contributed by atoms with van der Waals surface area (Å²) in [6.45, 7) is 3.89. The van der Waals surface area contributed by atoms with Gasteiger partial charge in [0, 0.05) is 11.3 Å². The fourth-order valence-electron chi connectivity index (χ4n) is 2.55. The Hall–Kier alpha value is -3.34. The highest BCUT2D eigenvalue weighted by Crippen LogP contribution is 2.16. The van der Waals surface area contributed by atoms with Crippen molar-refractivity contribution in [3.05, 3.63) is 89.4 Å². The predicted molar refractivity (Wildman–Crippen MR) is 100 cm³/mol. The minimum atomic E-state index is -0.920. The number of para-hydroxylation sites is 1. The molecule has 0 aliphatic heterocycles. The maximum atomic E-state index is 13.0. The lowest BCUT2D eigenvalue weighted by Gasteiger charge is -2.21. The maximum Gasteiger partial charge on any atom is 0.288 e. The van der Waals surface area contributed by atoms with Crippen LogP contribution in [0.3, 0.4) is 0 Å². The number of ketones is 1. The summed E-state index contributed by atoms with van der Waals surface area (Å²) in [4.78, 5) is 25.4. The number of hydrogen-bond donors (Lipinski definition) is 2. The molecule has 0 fully saturated rings. The summed E-state index contributed by atoms with van der Waals surface area (Å²) in [6.07, 6.45) is 0.497. The Labute approximate surface area is 152 Å². The SMILES string of the molecule is Cc1ccc(C(=O)[C@H](NC(=O)c2ccco2)Nc2ccccc2C)cc1. The standard InChI is InChI=1S/C21H20N2O3/c1-14-9-11-16(12-10-14)19(24)20(22-17-7-4-3-6-15(17)2)23-21(25)18-8-5-13-26-18/h3-13,20,22H,1-2H3,(H,23,25)/t20-/m0/s1. The van der Waals surface area contributed by atoms with E-state index in [4.69, 9.17) is 4.42 Å². The van der Waals surface area contributed by atoms with Crippen LogP contribution in [0.4, 0.5) is 5.69 Å². The molecular formula is C21H20N2O3. The summed E-state index contributed by atoms with van der Waals surface area (Å²) < 4.78 is 5.12. The largest absolute Gasteiger partial charge is 0.459 e. The van der Waals surface area contributed by atoms with Gasteiger partial charge in [0.05, 0.1) is 6.26 Å². The lowest BCUT2D eigenvalue weighted by molar-refractivity contribution is 0.0852. The Morgan fingerprint density at radius 1 is 0.923 bits per heavy atom. The number of hydrogen-bond acceptors (Lipinski definition) is 4. The van der Waals surface area contributed by atoms with E-state index in [2.05, 4.69) is 10.6 Å². The molecule has 0 spiro atoms. The zero-order valence-corrected chi connectivity index (χ0v) is 14.7. The van der Waals surface area contributed by atoms with Crippen molar-refractivity contribution in [2.24, 2.45) is 0 Å². The van der Waals surface area contributed by atoms with Crippen LogP contribution in [0, 0.1) is 13.8 Å². The summed E-state index contributed by atoms with van der Waals surface area (Å²) in [5, 5.41) is 5.84. The number of carbonyl (C=O) groups excluding carboxylic acids is 2. The number of anilines is 1. The molecule has 132 valence electrons. The van der Waals surface area contributed by atoms with Gasteiger partial charge in [0.25, 0.3) is 5.91 Å². The van der Waals surface area contributed by atoms with Gasteiger partial charge in [-0.1, -0.05) is 48.0 Å². The highest BCUT2D eigenvalue weighted by atomic mass is 16.3. The van der Waals surface area contributed by atoms with Crippen LogP contribution < -0.4 is 10.6 Å². The number of aryl methyl sites for hydroxylation is 2. The van der Waals surface area contributed by atoms with Gasteiger partial charge in [0.15, 0.2) is 11.9 Å². The average molecular weight is 348 g/mol. The number of Topliss-reactive ketones (excluding diaryl/α,β-unsaturated/α-hetero) is 1. The smallest absolute Gasteiger partial charge is 0.288 e. The normalized spacial score (nSPS) is 11.6. The number of furan rings is 1. The van der Waals surface area contributed by atoms with Crippen molar-refractivity contribution in [1.29, 1.82) is 0 Å². The fourth-order valence-corrected chi connectivity index (χ4v) is 2.55. The first-order valence-electron chi connectivity index (χ1n) is 8.32. The van der Waals surface area contributed by atoms with E-state index in [1.807, 2.05) is 50.2 Å². The fraction of sp³-hybridized carbons (Fsp3) is 0.143. The Morgan fingerprint density at radius 2 is 1.65 bits per heavy atom. The molecule has 5 nitrogen and oxygen atoms in total. The third-order valence-corrected chi connectivity index (χ3v) is 4.06. The Balaban J connectivity index is 1.87. The van der Waals surface area contributed by atoms with Crippen molar-refractivity contribution in [3.63, 3.8) is 0 Å². The zero-order valence-electron chi connectivity index (χ0n) is 14.7. The average Bonchev–Trinajstić information content (AvgIpc) is 3.18. The Morgan fingerprint density at radius 3 is 2.31 bits per heavy atom.